The van der Waals surface area contributed by atoms with E-state index < -0.39 is 13.6 Å². The van der Waals surface area contributed by atoms with Crippen LogP contribution in [-0.4, -0.2) is 26.9 Å². The molecule has 110 valence electrons. The summed E-state index contributed by atoms with van der Waals surface area (Å²) >= 11 is 0. The molecule has 0 aliphatic carbocycles. The highest BCUT2D eigenvalue weighted by Gasteiger charge is 2.10. The van der Waals surface area contributed by atoms with Crippen LogP contribution in [0.25, 0.3) is 16.8 Å². The fraction of sp³-hybridized carbons (Fsp3) is 0.143. The number of hydrogen-bond donors (Lipinski definition) is 2. The van der Waals surface area contributed by atoms with Gasteiger partial charge in [0.25, 0.3) is 0 Å². The number of benzene rings is 1. The van der Waals surface area contributed by atoms with Crippen LogP contribution in [0.2, 0.25) is 0 Å². The third-order valence-electron chi connectivity index (χ3n) is 2.71. The molecule has 2 N–H and O–H groups in total. The van der Waals surface area contributed by atoms with Crippen LogP contribution in [-0.2, 0) is 9.36 Å². The van der Waals surface area contributed by atoms with Crippen LogP contribution < -0.4 is 4.74 Å². The lowest BCUT2D eigenvalue weighted by Gasteiger charge is -2.08. The number of hydrogen-bond acceptors (Lipinski definition) is 4. The number of carbonyl (C=O) groups excluding carboxylic acids is 1. The minimum atomic E-state index is -4.06. The number of nitrogens with zero attached hydrogens (tertiary/aromatic N) is 1. The fourth-order valence-corrected chi connectivity index (χ4v) is 2.27. The van der Waals surface area contributed by atoms with E-state index in [1.165, 1.54) is 13.0 Å². The number of ether oxygens (including phenoxy) is 1. The van der Waals surface area contributed by atoms with Crippen molar-refractivity contribution in [3.8, 4) is 5.75 Å². The van der Waals surface area contributed by atoms with Crippen LogP contribution in [0.5, 0.6) is 5.75 Å². The van der Waals surface area contributed by atoms with E-state index >= 15 is 0 Å². The van der Waals surface area contributed by atoms with Gasteiger partial charge in [-0.3, -0.25) is 14.3 Å². The maximum absolute atomic E-state index is 11.1. The summed E-state index contributed by atoms with van der Waals surface area (Å²) < 4.78 is 16.0. The highest BCUT2D eigenvalue weighted by molar-refractivity contribution is 7.51. The summed E-state index contributed by atoms with van der Waals surface area (Å²) in [6, 6.07) is 5.06. The molecular weight excluding hydrogens is 293 g/mol. The van der Waals surface area contributed by atoms with Gasteiger partial charge < -0.3 is 14.5 Å². The molecule has 1 aromatic heterocycles. The minimum Gasteiger partial charge on any atom is -0.426 e. The molecule has 0 unspecified atom stereocenters. The summed E-state index contributed by atoms with van der Waals surface area (Å²) in [6.07, 6.45) is 5.88. The molecule has 0 atom stereocenters. The molecule has 0 aliphatic rings. The molecule has 0 aliphatic heterocycles. The van der Waals surface area contributed by atoms with E-state index in [1.54, 1.807) is 36.7 Å². The summed E-state index contributed by atoms with van der Waals surface area (Å²) in [6.45, 7) is 1.32. The Kier molecular flexibility index (Phi) is 4.53. The third-order valence-corrected chi connectivity index (χ3v) is 3.39. The number of allylic oxidation sites excluding steroid dienone is 1. The lowest BCUT2D eigenvalue weighted by molar-refractivity contribution is -0.131. The lowest BCUT2D eigenvalue weighted by atomic mass is 10.1. The monoisotopic (exact) mass is 307 g/mol. The quantitative estimate of drug-likeness (QED) is 0.511. The molecule has 0 spiro atoms. The third kappa shape index (κ3) is 4.23. The number of pyridine rings is 1. The molecule has 2 rings (SSSR count). The van der Waals surface area contributed by atoms with Gasteiger partial charge in [-0.05, 0) is 17.7 Å². The predicted octanol–water partition coefficient (Wildman–Crippen LogP) is 2.35. The smallest absolute Gasteiger partial charge is 0.329 e. The van der Waals surface area contributed by atoms with Crippen LogP contribution in [0.15, 0.2) is 36.7 Å². The van der Waals surface area contributed by atoms with Crippen molar-refractivity contribution < 1.29 is 23.9 Å². The Morgan fingerprint density at radius 2 is 2.10 bits per heavy atom. The van der Waals surface area contributed by atoms with Crippen molar-refractivity contribution >= 4 is 30.4 Å². The number of rotatable bonds is 4. The van der Waals surface area contributed by atoms with E-state index in [0.717, 1.165) is 10.9 Å². The van der Waals surface area contributed by atoms with E-state index in [-0.39, 0.29) is 6.16 Å². The minimum absolute atomic E-state index is 0.333. The van der Waals surface area contributed by atoms with Crippen molar-refractivity contribution in [3.63, 3.8) is 0 Å². The molecule has 7 heteroatoms. The van der Waals surface area contributed by atoms with Gasteiger partial charge in [0.15, 0.2) is 0 Å². The summed E-state index contributed by atoms with van der Waals surface area (Å²) in [5.74, 6) is 0.00458. The Morgan fingerprint density at radius 1 is 1.33 bits per heavy atom. The molecule has 2 aromatic rings. The van der Waals surface area contributed by atoms with Crippen molar-refractivity contribution in [2.45, 2.75) is 6.92 Å². The van der Waals surface area contributed by atoms with E-state index in [2.05, 4.69) is 4.98 Å². The molecule has 0 saturated carbocycles. The lowest BCUT2D eigenvalue weighted by Crippen LogP contribution is -2.02. The first kappa shape index (κ1) is 15.4. The van der Waals surface area contributed by atoms with Crippen molar-refractivity contribution in [2.24, 2.45) is 0 Å². The fourth-order valence-electron chi connectivity index (χ4n) is 1.89. The van der Waals surface area contributed by atoms with Crippen LogP contribution in [0.1, 0.15) is 12.5 Å². The van der Waals surface area contributed by atoms with E-state index in [0.29, 0.717) is 11.1 Å². The Labute approximate surface area is 121 Å². The summed E-state index contributed by atoms with van der Waals surface area (Å²) in [4.78, 5) is 32.8. The highest BCUT2D eigenvalue weighted by Crippen LogP contribution is 2.35. The van der Waals surface area contributed by atoms with Gasteiger partial charge in [-0.2, -0.15) is 0 Å². The first-order valence-corrected chi connectivity index (χ1v) is 7.93. The zero-order valence-corrected chi connectivity index (χ0v) is 12.2. The summed E-state index contributed by atoms with van der Waals surface area (Å²) in [7, 11) is -4.06. The van der Waals surface area contributed by atoms with Gasteiger partial charge in [0.1, 0.15) is 5.75 Å². The number of aromatic nitrogens is 1. The van der Waals surface area contributed by atoms with Crippen LogP contribution in [0.4, 0.5) is 0 Å². The van der Waals surface area contributed by atoms with Gasteiger partial charge in [-0.1, -0.05) is 18.2 Å². The van der Waals surface area contributed by atoms with Gasteiger partial charge >= 0.3 is 13.6 Å². The molecule has 1 heterocycles. The second-order valence-electron chi connectivity index (χ2n) is 4.42. The molecule has 0 saturated heterocycles. The Bertz CT molecular complexity index is 750. The standard InChI is InChI=1S/C14H14NO5P/c1-10(16)20-14-5-4-11(3-2-8-21(17,18)19)13-9-15-7-6-12(13)14/h2-7,9H,8H2,1H3,(H2,17,18,19)/b3-2+. The number of esters is 1. The Balaban J connectivity index is 2.43. The van der Waals surface area contributed by atoms with Gasteiger partial charge in [0.05, 0.1) is 6.16 Å². The van der Waals surface area contributed by atoms with Gasteiger partial charge in [-0.25, -0.2) is 0 Å². The molecule has 0 bridgehead atoms. The van der Waals surface area contributed by atoms with Crippen LogP contribution in [0, 0.1) is 0 Å². The predicted molar refractivity (Wildman–Crippen MR) is 79.0 cm³/mol. The van der Waals surface area contributed by atoms with E-state index in [4.69, 9.17) is 14.5 Å². The SMILES string of the molecule is CC(=O)Oc1ccc(/C=C/CP(=O)(O)O)c2cnccc12. The zero-order chi connectivity index (χ0) is 15.5. The molecule has 0 fully saturated rings. The maximum Gasteiger partial charge on any atom is 0.329 e. The topological polar surface area (TPSA) is 96.7 Å². The van der Waals surface area contributed by atoms with Crippen LogP contribution >= 0.6 is 7.60 Å². The maximum atomic E-state index is 11.1. The van der Waals surface area contributed by atoms with Gasteiger partial charge in [0, 0.05) is 30.1 Å². The summed E-state index contributed by atoms with van der Waals surface area (Å²) in [5, 5.41) is 1.44. The second kappa shape index (κ2) is 6.18. The molecular formula is C14H14NO5P. The van der Waals surface area contributed by atoms with Crippen molar-refractivity contribution in [2.75, 3.05) is 6.16 Å². The van der Waals surface area contributed by atoms with E-state index in [1.807, 2.05) is 0 Å². The average Bonchev–Trinajstić information content (AvgIpc) is 2.39. The molecule has 21 heavy (non-hydrogen) atoms. The van der Waals surface area contributed by atoms with Crippen molar-refractivity contribution in [1.82, 2.24) is 4.98 Å². The highest BCUT2D eigenvalue weighted by atomic mass is 31.2. The zero-order valence-electron chi connectivity index (χ0n) is 11.3. The first-order valence-electron chi connectivity index (χ1n) is 6.13. The normalized spacial score (nSPS) is 12.0. The first-order chi connectivity index (χ1) is 9.87. The molecule has 6 nitrogen and oxygen atoms in total. The molecule has 0 amide bonds. The number of fused-ring (bicyclic) bond motifs is 1. The second-order valence-corrected chi connectivity index (χ2v) is 6.11. The summed E-state index contributed by atoms with van der Waals surface area (Å²) in [5.41, 5.74) is 0.738. The van der Waals surface area contributed by atoms with E-state index in [9.17, 15) is 9.36 Å². The average molecular weight is 307 g/mol. The van der Waals surface area contributed by atoms with Gasteiger partial charge in [0.2, 0.25) is 0 Å². The van der Waals surface area contributed by atoms with Crippen LogP contribution in [0.3, 0.4) is 0 Å². The van der Waals surface area contributed by atoms with Gasteiger partial charge in [-0.15, -0.1) is 0 Å². The Hall–Kier alpha value is -2.01. The van der Waals surface area contributed by atoms with Crippen molar-refractivity contribution in [1.29, 1.82) is 0 Å². The van der Waals surface area contributed by atoms with Crippen molar-refractivity contribution in [3.05, 3.63) is 42.2 Å². The largest absolute Gasteiger partial charge is 0.426 e. The molecule has 0 radical (unpaired) electrons. The Morgan fingerprint density at radius 3 is 2.76 bits per heavy atom. The number of carbonyl (C=O) groups is 1. The molecule has 1 aromatic carbocycles.